The second-order valence-electron chi connectivity index (χ2n) is 5.27. The number of hydrogen-bond acceptors (Lipinski definition) is 6. The molecule has 1 amide bonds. The van der Waals surface area contributed by atoms with Crippen LogP contribution in [-0.2, 0) is 9.53 Å². The number of methoxy groups -OCH3 is 1. The van der Waals surface area contributed by atoms with Gasteiger partial charge in [0, 0.05) is 18.7 Å². The lowest BCUT2D eigenvalue weighted by molar-refractivity contribution is -0.118. The number of carbonyl (C=O) groups is 1. The zero-order valence-electron chi connectivity index (χ0n) is 13.9. The van der Waals surface area contributed by atoms with E-state index in [4.69, 9.17) is 16.3 Å². The van der Waals surface area contributed by atoms with E-state index in [1.807, 2.05) is 0 Å². The Labute approximate surface area is 157 Å². The zero-order chi connectivity index (χ0) is 18.5. The van der Waals surface area contributed by atoms with Gasteiger partial charge in [-0.2, -0.15) is 5.10 Å². The number of aromatic amines is 1. The van der Waals surface area contributed by atoms with Gasteiger partial charge in [-0.05, 0) is 24.3 Å². The molecule has 2 N–H and O–H groups in total. The van der Waals surface area contributed by atoms with E-state index in [9.17, 15) is 9.59 Å². The molecule has 2 aromatic heterocycles. The maximum atomic E-state index is 12.3. The molecule has 0 spiro atoms. The maximum Gasteiger partial charge on any atom is 0.262 e. The number of hydrogen-bond donors (Lipinski definition) is 2. The first-order valence-corrected chi connectivity index (χ1v) is 9.07. The fourth-order valence-electron chi connectivity index (χ4n) is 2.22. The van der Waals surface area contributed by atoms with Crippen molar-refractivity contribution in [2.45, 2.75) is 5.16 Å². The fraction of sp³-hybridized carbons (Fsp3) is 0.250. The quantitative estimate of drug-likeness (QED) is 0.359. The molecule has 0 aliphatic heterocycles. The molecule has 0 aliphatic carbocycles. The highest BCUT2D eigenvalue weighted by Crippen LogP contribution is 2.19. The van der Waals surface area contributed by atoms with Crippen molar-refractivity contribution in [2.75, 3.05) is 26.0 Å². The van der Waals surface area contributed by atoms with Crippen LogP contribution in [0.2, 0.25) is 5.02 Å². The van der Waals surface area contributed by atoms with Crippen molar-refractivity contribution in [3.8, 4) is 5.69 Å². The van der Waals surface area contributed by atoms with Gasteiger partial charge in [-0.15, -0.1) is 0 Å². The van der Waals surface area contributed by atoms with Crippen LogP contribution < -0.4 is 10.9 Å². The van der Waals surface area contributed by atoms with Crippen LogP contribution in [-0.4, -0.2) is 51.7 Å². The normalized spacial score (nSPS) is 11.0. The second-order valence-corrected chi connectivity index (χ2v) is 6.67. The van der Waals surface area contributed by atoms with E-state index in [1.54, 1.807) is 36.1 Å². The Morgan fingerprint density at radius 2 is 2.15 bits per heavy atom. The summed E-state index contributed by atoms with van der Waals surface area (Å²) in [6.07, 6.45) is 1.46. The molecule has 2 heterocycles. The van der Waals surface area contributed by atoms with Crippen LogP contribution in [0.5, 0.6) is 0 Å². The SMILES string of the molecule is COCCNC(=O)CSc1nc2c(cnn2-c2ccc(Cl)cc2)c(=O)[nH]1. The molecule has 10 heteroatoms. The number of H-pyrrole nitrogens is 1. The van der Waals surface area contributed by atoms with Crippen LogP contribution in [0.25, 0.3) is 16.7 Å². The van der Waals surface area contributed by atoms with Crippen LogP contribution in [0.15, 0.2) is 40.4 Å². The summed E-state index contributed by atoms with van der Waals surface area (Å²) >= 11 is 7.05. The van der Waals surface area contributed by atoms with Gasteiger partial charge in [0.2, 0.25) is 5.91 Å². The van der Waals surface area contributed by atoms with E-state index in [1.165, 1.54) is 6.20 Å². The van der Waals surface area contributed by atoms with Gasteiger partial charge in [0.25, 0.3) is 5.56 Å². The molecule has 0 saturated carbocycles. The lowest BCUT2D eigenvalue weighted by atomic mass is 10.3. The number of halogens is 1. The van der Waals surface area contributed by atoms with E-state index >= 15 is 0 Å². The number of thioether (sulfide) groups is 1. The van der Waals surface area contributed by atoms with Crippen molar-refractivity contribution < 1.29 is 9.53 Å². The Kier molecular flexibility index (Phi) is 5.92. The Morgan fingerprint density at radius 1 is 1.38 bits per heavy atom. The van der Waals surface area contributed by atoms with Gasteiger partial charge in [-0.3, -0.25) is 9.59 Å². The number of benzene rings is 1. The maximum absolute atomic E-state index is 12.3. The van der Waals surface area contributed by atoms with E-state index < -0.39 is 0 Å². The third kappa shape index (κ3) is 4.24. The molecule has 0 atom stereocenters. The number of nitrogens with zero attached hydrogens (tertiary/aromatic N) is 3. The van der Waals surface area contributed by atoms with Gasteiger partial charge >= 0.3 is 0 Å². The second kappa shape index (κ2) is 8.35. The Balaban J connectivity index is 1.82. The van der Waals surface area contributed by atoms with Crippen molar-refractivity contribution >= 4 is 40.3 Å². The highest BCUT2D eigenvalue weighted by atomic mass is 35.5. The van der Waals surface area contributed by atoms with Crippen LogP contribution in [0.4, 0.5) is 0 Å². The van der Waals surface area contributed by atoms with Crippen LogP contribution in [0.3, 0.4) is 0 Å². The third-order valence-electron chi connectivity index (χ3n) is 3.46. The van der Waals surface area contributed by atoms with Crippen molar-refractivity contribution in [1.29, 1.82) is 0 Å². The zero-order valence-corrected chi connectivity index (χ0v) is 15.4. The monoisotopic (exact) mass is 393 g/mol. The van der Waals surface area contributed by atoms with E-state index in [2.05, 4.69) is 20.4 Å². The minimum atomic E-state index is -0.308. The molecule has 0 aliphatic rings. The molecule has 136 valence electrons. The predicted octanol–water partition coefficient (Wildman–Crippen LogP) is 1.62. The van der Waals surface area contributed by atoms with Crippen molar-refractivity contribution in [2.24, 2.45) is 0 Å². The predicted molar refractivity (Wildman–Crippen MR) is 100 cm³/mol. The molecule has 0 saturated heterocycles. The van der Waals surface area contributed by atoms with Gasteiger partial charge in [-0.25, -0.2) is 9.67 Å². The van der Waals surface area contributed by atoms with Crippen LogP contribution in [0, 0.1) is 0 Å². The van der Waals surface area contributed by atoms with Gasteiger partial charge in [-0.1, -0.05) is 23.4 Å². The molecule has 0 bridgehead atoms. The van der Waals surface area contributed by atoms with Crippen LogP contribution in [0.1, 0.15) is 0 Å². The van der Waals surface area contributed by atoms with E-state index in [-0.39, 0.29) is 17.2 Å². The summed E-state index contributed by atoms with van der Waals surface area (Å²) < 4.78 is 6.43. The van der Waals surface area contributed by atoms with Crippen molar-refractivity contribution in [3.05, 3.63) is 45.8 Å². The molecule has 8 nitrogen and oxygen atoms in total. The van der Waals surface area contributed by atoms with Crippen molar-refractivity contribution in [3.63, 3.8) is 0 Å². The largest absolute Gasteiger partial charge is 0.383 e. The molecule has 1 aromatic carbocycles. The molecule has 3 aromatic rings. The first kappa shape index (κ1) is 18.4. The van der Waals surface area contributed by atoms with Gasteiger partial charge in [0.1, 0.15) is 5.39 Å². The standard InChI is InChI=1S/C16H16ClN5O3S/c1-25-7-6-18-13(23)9-26-16-20-14-12(15(24)21-16)8-19-22(14)11-4-2-10(17)3-5-11/h2-5,8H,6-7,9H2,1H3,(H,18,23)(H,20,21,24). The van der Waals surface area contributed by atoms with Crippen LogP contribution >= 0.6 is 23.4 Å². The fourth-order valence-corrected chi connectivity index (χ4v) is 3.03. The molecular weight excluding hydrogens is 378 g/mol. The number of fused-ring (bicyclic) bond motifs is 1. The summed E-state index contributed by atoms with van der Waals surface area (Å²) in [4.78, 5) is 31.1. The average Bonchev–Trinajstić information content (AvgIpc) is 3.05. The first-order valence-electron chi connectivity index (χ1n) is 7.71. The van der Waals surface area contributed by atoms with Gasteiger partial charge < -0.3 is 15.0 Å². The van der Waals surface area contributed by atoms with Gasteiger partial charge in [0.05, 0.1) is 24.2 Å². The molecular formula is C16H16ClN5O3S. The molecule has 0 radical (unpaired) electrons. The van der Waals surface area contributed by atoms with E-state index in [0.717, 1.165) is 17.4 Å². The van der Waals surface area contributed by atoms with E-state index in [0.29, 0.717) is 34.4 Å². The summed E-state index contributed by atoms with van der Waals surface area (Å²) in [6.45, 7) is 0.875. The number of rotatable bonds is 7. The minimum Gasteiger partial charge on any atom is -0.383 e. The summed E-state index contributed by atoms with van der Waals surface area (Å²) in [5.41, 5.74) is 0.839. The highest BCUT2D eigenvalue weighted by molar-refractivity contribution is 7.99. The Hall–Kier alpha value is -2.36. The number of ether oxygens (including phenoxy) is 1. The summed E-state index contributed by atoms with van der Waals surface area (Å²) in [5.74, 6) is -0.0336. The number of aromatic nitrogens is 4. The summed E-state index contributed by atoms with van der Waals surface area (Å²) in [5, 5.41) is 8.26. The lowest BCUT2D eigenvalue weighted by Gasteiger charge is -2.05. The summed E-state index contributed by atoms with van der Waals surface area (Å²) in [7, 11) is 1.56. The highest BCUT2D eigenvalue weighted by Gasteiger charge is 2.13. The molecule has 0 fully saturated rings. The number of nitrogens with one attached hydrogen (secondary N) is 2. The molecule has 3 rings (SSSR count). The lowest BCUT2D eigenvalue weighted by Crippen LogP contribution is -2.28. The van der Waals surface area contributed by atoms with Gasteiger partial charge in [0.15, 0.2) is 10.8 Å². The third-order valence-corrected chi connectivity index (χ3v) is 4.58. The smallest absolute Gasteiger partial charge is 0.262 e. The molecule has 0 unspecified atom stereocenters. The Morgan fingerprint density at radius 3 is 2.88 bits per heavy atom. The minimum absolute atomic E-state index is 0.132. The average molecular weight is 394 g/mol. The number of amides is 1. The first-order chi connectivity index (χ1) is 12.6. The topological polar surface area (TPSA) is 102 Å². The summed E-state index contributed by atoms with van der Waals surface area (Å²) in [6, 6.07) is 7.04. The number of carbonyl (C=O) groups excluding carboxylic acids is 1. The van der Waals surface area contributed by atoms with Crippen molar-refractivity contribution in [1.82, 2.24) is 25.1 Å². The molecule has 26 heavy (non-hydrogen) atoms. The Bertz CT molecular complexity index is 970.